The van der Waals surface area contributed by atoms with Crippen LogP contribution in [0.5, 0.6) is 0 Å². The molecule has 2 aromatic rings. The Labute approximate surface area is 121 Å². The van der Waals surface area contributed by atoms with E-state index in [-0.39, 0.29) is 31.4 Å². The zero-order valence-corrected chi connectivity index (χ0v) is 11.4. The van der Waals surface area contributed by atoms with Crippen molar-refractivity contribution in [3.8, 4) is 0 Å². The van der Waals surface area contributed by atoms with Gasteiger partial charge < -0.3 is 15.7 Å². The second-order valence-corrected chi connectivity index (χ2v) is 4.48. The van der Waals surface area contributed by atoms with E-state index in [0.29, 0.717) is 6.54 Å². The van der Waals surface area contributed by atoms with Crippen LogP contribution >= 0.6 is 0 Å². The first kappa shape index (κ1) is 15.0. The molecule has 0 saturated carbocycles. The van der Waals surface area contributed by atoms with Gasteiger partial charge >= 0.3 is 0 Å². The molecule has 0 atom stereocenters. The van der Waals surface area contributed by atoms with E-state index in [1.54, 1.807) is 18.5 Å². The summed E-state index contributed by atoms with van der Waals surface area (Å²) in [7, 11) is 0. The van der Waals surface area contributed by atoms with Crippen molar-refractivity contribution in [2.24, 2.45) is 0 Å². The molecule has 1 heterocycles. The molecule has 0 aliphatic rings. The molecule has 3 N–H and O–H groups in total. The maximum Gasteiger partial charge on any atom is 0.241 e. The Morgan fingerprint density at radius 1 is 1.43 bits per heavy atom. The number of hydrogen-bond acceptors (Lipinski definition) is 4. The monoisotopic (exact) mass is 292 g/mol. The SMILES string of the molecule is O=C(Cn1cc(NCc2cccc(F)c2)cn1)NCCO. The Bertz CT molecular complexity index is 600. The van der Waals surface area contributed by atoms with Crippen LogP contribution in [0.1, 0.15) is 5.56 Å². The van der Waals surface area contributed by atoms with E-state index in [4.69, 9.17) is 5.11 Å². The van der Waals surface area contributed by atoms with E-state index in [9.17, 15) is 9.18 Å². The van der Waals surface area contributed by atoms with Crippen LogP contribution in [0.2, 0.25) is 0 Å². The number of carbonyl (C=O) groups excluding carboxylic acids is 1. The minimum Gasteiger partial charge on any atom is -0.395 e. The van der Waals surface area contributed by atoms with E-state index in [1.165, 1.54) is 16.8 Å². The van der Waals surface area contributed by atoms with Crippen LogP contribution in [-0.4, -0.2) is 33.9 Å². The molecular weight excluding hydrogens is 275 g/mol. The molecule has 21 heavy (non-hydrogen) atoms. The molecule has 0 fully saturated rings. The Morgan fingerprint density at radius 3 is 3.05 bits per heavy atom. The van der Waals surface area contributed by atoms with Crippen LogP contribution < -0.4 is 10.6 Å². The number of hydrogen-bond donors (Lipinski definition) is 3. The first-order valence-corrected chi connectivity index (χ1v) is 6.55. The standard InChI is InChI=1S/C14H17FN4O2/c15-12-3-1-2-11(6-12)7-17-13-8-18-19(9-13)10-14(21)16-4-5-20/h1-3,6,8-9,17,20H,4-5,7,10H2,(H,16,21). The third-order valence-corrected chi connectivity index (χ3v) is 2.76. The van der Waals surface area contributed by atoms with Crippen LogP contribution in [0.25, 0.3) is 0 Å². The minimum absolute atomic E-state index is 0.0850. The van der Waals surface area contributed by atoms with Gasteiger partial charge in [0.2, 0.25) is 5.91 Å². The molecule has 0 aliphatic heterocycles. The molecule has 1 amide bonds. The topological polar surface area (TPSA) is 79.2 Å². The number of carbonyl (C=O) groups is 1. The predicted octanol–water partition coefficient (Wildman–Crippen LogP) is 0.743. The van der Waals surface area contributed by atoms with Crippen molar-refractivity contribution >= 4 is 11.6 Å². The van der Waals surface area contributed by atoms with Gasteiger partial charge in [0.15, 0.2) is 0 Å². The number of aliphatic hydroxyl groups is 1. The van der Waals surface area contributed by atoms with E-state index in [0.717, 1.165) is 11.3 Å². The van der Waals surface area contributed by atoms with Gasteiger partial charge in [-0.15, -0.1) is 0 Å². The summed E-state index contributed by atoms with van der Waals surface area (Å²) in [6, 6.07) is 6.33. The maximum atomic E-state index is 13.0. The highest BCUT2D eigenvalue weighted by Crippen LogP contribution is 2.09. The van der Waals surface area contributed by atoms with E-state index < -0.39 is 0 Å². The number of nitrogens with one attached hydrogen (secondary N) is 2. The summed E-state index contributed by atoms with van der Waals surface area (Å²) in [5, 5.41) is 18.3. The fraction of sp³-hybridized carbons (Fsp3) is 0.286. The zero-order chi connectivity index (χ0) is 15.1. The van der Waals surface area contributed by atoms with Crippen molar-refractivity contribution in [3.05, 3.63) is 48.0 Å². The third kappa shape index (κ3) is 4.88. The summed E-state index contributed by atoms with van der Waals surface area (Å²) >= 11 is 0. The molecule has 1 aromatic heterocycles. The van der Waals surface area contributed by atoms with Gasteiger partial charge in [-0.3, -0.25) is 9.48 Å². The van der Waals surface area contributed by atoms with Gasteiger partial charge in [0, 0.05) is 19.3 Å². The van der Waals surface area contributed by atoms with Gasteiger partial charge in [-0.1, -0.05) is 12.1 Å². The second-order valence-electron chi connectivity index (χ2n) is 4.48. The summed E-state index contributed by atoms with van der Waals surface area (Å²) < 4.78 is 14.5. The van der Waals surface area contributed by atoms with Gasteiger partial charge in [0.1, 0.15) is 12.4 Å². The number of anilines is 1. The smallest absolute Gasteiger partial charge is 0.241 e. The minimum atomic E-state index is -0.273. The van der Waals surface area contributed by atoms with Gasteiger partial charge in [-0.25, -0.2) is 4.39 Å². The van der Waals surface area contributed by atoms with Crippen LogP contribution in [0.15, 0.2) is 36.7 Å². The molecule has 7 heteroatoms. The number of aliphatic hydroxyl groups excluding tert-OH is 1. The summed E-state index contributed by atoms with van der Waals surface area (Å²) in [6.45, 7) is 0.692. The highest BCUT2D eigenvalue weighted by molar-refractivity contribution is 5.75. The van der Waals surface area contributed by atoms with Crippen molar-refractivity contribution < 1.29 is 14.3 Å². The summed E-state index contributed by atoms with van der Waals surface area (Å²) in [4.78, 5) is 11.5. The number of rotatable bonds is 7. The lowest BCUT2D eigenvalue weighted by molar-refractivity contribution is -0.122. The normalized spacial score (nSPS) is 10.4. The lowest BCUT2D eigenvalue weighted by atomic mass is 10.2. The first-order valence-electron chi connectivity index (χ1n) is 6.55. The van der Waals surface area contributed by atoms with Crippen molar-refractivity contribution in [3.63, 3.8) is 0 Å². The number of amides is 1. The van der Waals surface area contributed by atoms with Crippen LogP contribution in [-0.2, 0) is 17.9 Å². The zero-order valence-electron chi connectivity index (χ0n) is 11.4. The van der Waals surface area contributed by atoms with E-state index in [2.05, 4.69) is 15.7 Å². The summed E-state index contributed by atoms with van der Waals surface area (Å²) in [5.74, 6) is -0.491. The Balaban J connectivity index is 1.84. The van der Waals surface area contributed by atoms with E-state index in [1.807, 2.05) is 6.07 Å². The average Bonchev–Trinajstić information content (AvgIpc) is 2.90. The van der Waals surface area contributed by atoms with Crippen molar-refractivity contribution in [2.75, 3.05) is 18.5 Å². The van der Waals surface area contributed by atoms with Crippen LogP contribution in [0, 0.1) is 5.82 Å². The second kappa shape index (κ2) is 7.39. The number of benzene rings is 1. The molecule has 0 radical (unpaired) electrons. The average molecular weight is 292 g/mol. The molecule has 0 saturated heterocycles. The van der Waals surface area contributed by atoms with Gasteiger partial charge in [-0.05, 0) is 17.7 Å². The molecule has 112 valence electrons. The molecule has 0 spiro atoms. The molecule has 2 rings (SSSR count). The Morgan fingerprint density at radius 2 is 2.29 bits per heavy atom. The third-order valence-electron chi connectivity index (χ3n) is 2.76. The highest BCUT2D eigenvalue weighted by Gasteiger charge is 2.04. The number of halogens is 1. The van der Waals surface area contributed by atoms with Crippen molar-refractivity contribution in [1.29, 1.82) is 0 Å². The van der Waals surface area contributed by atoms with Gasteiger partial charge in [0.05, 0.1) is 18.5 Å². The molecule has 0 bridgehead atoms. The quantitative estimate of drug-likeness (QED) is 0.703. The largest absolute Gasteiger partial charge is 0.395 e. The first-order chi connectivity index (χ1) is 10.2. The molecular formula is C14H17FN4O2. The van der Waals surface area contributed by atoms with Crippen LogP contribution in [0.4, 0.5) is 10.1 Å². The van der Waals surface area contributed by atoms with Crippen molar-refractivity contribution in [2.45, 2.75) is 13.1 Å². The lowest BCUT2D eigenvalue weighted by Crippen LogP contribution is -2.30. The Hall–Kier alpha value is -2.41. The highest BCUT2D eigenvalue weighted by atomic mass is 19.1. The fourth-order valence-corrected chi connectivity index (χ4v) is 1.79. The van der Waals surface area contributed by atoms with Crippen LogP contribution in [0.3, 0.4) is 0 Å². The van der Waals surface area contributed by atoms with Crippen molar-refractivity contribution in [1.82, 2.24) is 15.1 Å². The predicted molar refractivity (Wildman–Crippen MR) is 76.0 cm³/mol. The summed E-state index contributed by atoms with van der Waals surface area (Å²) in [5.41, 5.74) is 1.57. The summed E-state index contributed by atoms with van der Waals surface area (Å²) in [6.07, 6.45) is 3.29. The molecule has 6 nitrogen and oxygen atoms in total. The molecule has 0 aliphatic carbocycles. The maximum absolute atomic E-state index is 13.0. The van der Waals surface area contributed by atoms with E-state index >= 15 is 0 Å². The number of aromatic nitrogens is 2. The molecule has 1 aromatic carbocycles. The Kier molecular flexibility index (Phi) is 5.28. The number of nitrogens with zero attached hydrogens (tertiary/aromatic N) is 2. The van der Waals surface area contributed by atoms with Gasteiger partial charge in [-0.2, -0.15) is 5.10 Å². The lowest BCUT2D eigenvalue weighted by Gasteiger charge is -2.04. The fourth-order valence-electron chi connectivity index (χ4n) is 1.79. The van der Waals surface area contributed by atoms with Gasteiger partial charge in [0.25, 0.3) is 0 Å². The molecule has 0 unspecified atom stereocenters.